The Hall–Kier alpha value is -3.11. The molecule has 0 heterocycles. The van der Waals surface area contributed by atoms with E-state index in [-0.39, 0.29) is 0 Å². The minimum Gasteiger partial charge on any atom is -0.206 e. The molecule has 0 nitrogen and oxygen atoms in total. The fourth-order valence-electron chi connectivity index (χ4n) is 4.15. The summed E-state index contributed by atoms with van der Waals surface area (Å²) < 4.78 is 162. The van der Waals surface area contributed by atoms with Crippen LogP contribution in [-0.4, -0.2) is 0 Å². The van der Waals surface area contributed by atoms with Crippen LogP contribution in [0.25, 0.3) is 22.3 Å². The second kappa shape index (κ2) is 9.40. The average Bonchev–Trinajstić information content (AvgIpc) is 2.79. The molecular weight excluding hydrogens is 509 g/mol. The number of rotatable bonds is 4. The van der Waals surface area contributed by atoms with Gasteiger partial charge in [-0.25, -0.2) is 48.3 Å². The largest absolute Gasteiger partial charge is 0.206 e. The fraction of sp³-hybridized carbons (Fsp3) is 0.280. The molecule has 0 N–H and O–H groups in total. The van der Waals surface area contributed by atoms with Gasteiger partial charge < -0.3 is 0 Å². The van der Waals surface area contributed by atoms with E-state index in [2.05, 4.69) is 0 Å². The predicted octanol–water partition coefficient (Wildman–Crippen LogP) is 9.11. The van der Waals surface area contributed by atoms with Crippen molar-refractivity contribution in [3.63, 3.8) is 0 Å². The number of hydrogen-bond acceptors (Lipinski definition) is 0. The minimum atomic E-state index is -2.68. The third-order valence-electron chi connectivity index (χ3n) is 5.82. The molecule has 0 amide bonds. The van der Waals surface area contributed by atoms with Crippen molar-refractivity contribution in [2.24, 2.45) is 0 Å². The van der Waals surface area contributed by atoms with Crippen molar-refractivity contribution < 1.29 is 48.3 Å². The zero-order valence-corrected chi connectivity index (χ0v) is 19.3. The topological polar surface area (TPSA) is 0 Å². The lowest BCUT2D eigenvalue weighted by Gasteiger charge is -2.20. The smallest absolute Gasteiger partial charge is 0.195 e. The molecule has 194 valence electrons. The maximum atomic E-state index is 15.4. The van der Waals surface area contributed by atoms with Gasteiger partial charge in [-0.1, -0.05) is 27.7 Å². The Morgan fingerprint density at radius 2 is 0.611 bits per heavy atom. The molecule has 11 heteroatoms. The average molecular weight is 526 g/mol. The predicted molar refractivity (Wildman–Crippen MR) is 110 cm³/mol. The zero-order valence-electron chi connectivity index (χ0n) is 19.3. The van der Waals surface area contributed by atoms with Crippen LogP contribution >= 0.6 is 0 Å². The molecule has 0 aromatic heterocycles. The summed E-state index contributed by atoms with van der Waals surface area (Å²) in [6, 6.07) is 0. The molecule has 0 unspecified atom stereocenters. The zero-order chi connectivity index (χ0) is 27.5. The Bertz CT molecular complexity index is 1240. The van der Waals surface area contributed by atoms with Crippen LogP contribution in [0.4, 0.5) is 48.3 Å². The second-order valence-electron chi connectivity index (χ2n) is 8.72. The summed E-state index contributed by atoms with van der Waals surface area (Å²) in [6.07, 6.45) is 0. The molecule has 36 heavy (non-hydrogen) atoms. The molecule has 0 bridgehead atoms. The van der Waals surface area contributed by atoms with E-state index in [1.54, 1.807) is 0 Å². The lowest BCUT2D eigenvalue weighted by Crippen LogP contribution is -2.13. The summed E-state index contributed by atoms with van der Waals surface area (Å²) in [4.78, 5) is 0. The molecule has 0 spiro atoms. The summed E-state index contributed by atoms with van der Waals surface area (Å²) in [7, 11) is 0. The highest BCUT2D eigenvalue weighted by Gasteiger charge is 2.37. The van der Waals surface area contributed by atoms with E-state index in [1.165, 1.54) is 13.8 Å². The Balaban J connectivity index is 2.56. The van der Waals surface area contributed by atoms with Gasteiger partial charge in [-0.3, -0.25) is 0 Å². The van der Waals surface area contributed by atoms with E-state index in [1.807, 2.05) is 0 Å². The Kier molecular flexibility index (Phi) is 7.18. The van der Waals surface area contributed by atoms with Gasteiger partial charge in [0.1, 0.15) is 11.6 Å². The first-order valence-electron chi connectivity index (χ1n) is 10.5. The van der Waals surface area contributed by atoms with Crippen molar-refractivity contribution >= 4 is 0 Å². The van der Waals surface area contributed by atoms with E-state index in [4.69, 9.17) is 0 Å². The van der Waals surface area contributed by atoms with Gasteiger partial charge in [-0.2, -0.15) is 0 Å². The number of benzene rings is 3. The van der Waals surface area contributed by atoms with E-state index in [0.717, 1.165) is 20.8 Å². The minimum absolute atomic E-state index is 0.525. The fourth-order valence-corrected chi connectivity index (χ4v) is 4.15. The van der Waals surface area contributed by atoms with E-state index in [0.29, 0.717) is 0 Å². The Morgan fingerprint density at radius 1 is 0.333 bits per heavy atom. The normalized spacial score (nSPS) is 11.8. The van der Waals surface area contributed by atoms with Crippen LogP contribution in [-0.2, 0) is 0 Å². The van der Waals surface area contributed by atoms with Gasteiger partial charge in [0, 0.05) is 5.56 Å². The van der Waals surface area contributed by atoms with Crippen molar-refractivity contribution in [3.8, 4) is 22.3 Å². The molecule has 0 aliphatic rings. The van der Waals surface area contributed by atoms with Gasteiger partial charge in [-0.15, -0.1) is 0 Å². The first-order chi connectivity index (χ1) is 16.6. The maximum Gasteiger partial charge on any atom is 0.195 e. The molecule has 0 aliphatic heterocycles. The number of halogens is 11. The summed E-state index contributed by atoms with van der Waals surface area (Å²) >= 11 is 0. The summed E-state index contributed by atoms with van der Waals surface area (Å²) in [6.45, 7) is 5.88. The summed E-state index contributed by atoms with van der Waals surface area (Å²) in [5.41, 5.74) is -10.5. The highest BCUT2D eigenvalue weighted by atomic mass is 19.2. The van der Waals surface area contributed by atoms with Crippen molar-refractivity contribution in [3.05, 3.63) is 80.7 Å². The quantitative estimate of drug-likeness (QED) is 0.181. The molecule has 3 rings (SSSR count). The molecule has 0 fully saturated rings. The van der Waals surface area contributed by atoms with Gasteiger partial charge >= 0.3 is 0 Å². The van der Waals surface area contributed by atoms with Crippen LogP contribution in [0, 0.1) is 70.9 Å². The molecule has 0 saturated carbocycles. The molecule has 3 aromatic rings. The first-order valence-corrected chi connectivity index (χ1v) is 10.5. The van der Waals surface area contributed by atoms with Gasteiger partial charge in [0.2, 0.25) is 0 Å². The van der Waals surface area contributed by atoms with Crippen LogP contribution in [0.3, 0.4) is 0 Å². The first kappa shape index (κ1) is 27.5. The van der Waals surface area contributed by atoms with E-state index >= 15 is 8.78 Å². The SMILES string of the molecule is Cc1c(F)c(-c2c(F)c(F)c(F)c(-c3c(F)c(F)c(C(C)C)c(F)c3F)c2F)c(F)c(F)c1C(C)C. The van der Waals surface area contributed by atoms with Gasteiger partial charge in [0.25, 0.3) is 0 Å². The molecule has 0 aliphatic carbocycles. The summed E-state index contributed by atoms with van der Waals surface area (Å²) in [5.74, 6) is -27.0. The standard InChI is InChI=1S/C25H17F11/c1-6(2)9-8(5)15(26)11(20(31)17(9)28)12-16(27)13(24(35)25(36)23(12)34)14-21(32)18(29)10(7(3)4)19(30)22(14)33/h6-7H,1-5H3. The van der Waals surface area contributed by atoms with Crippen molar-refractivity contribution in [1.29, 1.82) is 0 Å². The van der Waals surface area contributed by atoms with Crippen molar-refractivity contribution in [2.45, 2.75) is 46.5 Å². The Morgan fingerprint density at radius 3 is 0.972 bits per heavy atom. The van der Waals surface area contributed by atoms with Crippen LogP contribution < -0.4 is 0 Å². The number of hydrogen-bond donors (Lipinski definition) is 0. The maximum absolute atomic E-state index is 15.4. The van der Waals surface area contributed by atoms with Crippen LogP contribution in [0.2, 0.25) is 0 Å². The molecule has 3 aromatic carbocycles. The van der Waals surface area contributed by atoms with Gasteiger partial charge in [0.05, 0.1) is 22.3 Å². The van der Waals surface area contributed by atoms with Crippen LogP contribution in [0.15, 0.2) is 0 Å². The van der Waals surface area contributed by atoms with Crippen molar-refractivity contribution in [2.75, 3.05) is 0 Å². The lowest BCUT2D eigenvalue weighted by molar-refractivity contribution is 0.424. The van der Waals surface area contributed by atoms with Crippen LogP contribution in [0.5, 0.6) is 0 Å². The highest BCUT2D eigenvalue weighted by Crippen LogP contribution is 2.44. The van der Waals surface area contributed by atoms with E-state index in [9.17, 15) is 39.5 Å². The Labute approximate surface area is 198 Å². The van der Waals surface area contributed by atoms with Gasteiger partial charge in [0.15, 0.2) is 52.4 Å². The molecule has 0 radical (unpaired) electrons. The molecule has 0 atom stereocenters. The van der Waals surface area contributed by atoms with Gasteiger partial charge in [-0.05, 0) is 29.9 Å². The summed E-state index contributed by atoms with van der Waals surface area (Å²) in [5, 5.41) is 0. The van der Waals surface area contributed by atoms with Crippen molar-refractivity contribution in [1.82, 2.24) is 0 Å². The monoisotopic (exact) mass is 526 g/mol. The van der Waals surface area contributed by atoms with E-state index < -0.39 is 115 Å². The second-order valence-corrected chi connectivity index (χ2v) is 8.72. The third kappa shape index (κ3) is 3.83. The van der Waals surface area contributed by atoms with Crippen LogP contribution in [0.1, 0.15) is 56.2 Å². The molecule has 0 saturated heterocycles. The molecular formula is C25H17F11. The lowest BCUT2D eigenvalue weighted by atomic mass is 9.89. The third-order valence-corrected chi connectivity index (χ3v) is 5.82. The highest BCUT2D eigenvalue weighted by molar-refractivity contribution is 5.78.